The molecule has 132 valence electrons. The lowest BCUT2D eigenvalue weighted by Crippen LogP contribution is -2.39. The molecule has 2 aromatic carbocycles. The van der Waals surface area contributed by atoms with Gasteiger partial charge in [-0.1, -0.05) is 12.1 Å². The Hall–Kier alpha value is -2.51. The van der Waals surface area contributed by atoms with E-state index < -0.39 is 17.8 Å². The average Bonchev–Trinajstić information content (AvgIpc) is 2.62. The lowest BCUT2D eigenvalue weighted by Gasteiger charge is -2.22. The van der Waals surface area contributed by atoms with Crippen LogP contribution in [0.2, 0.25) is 0 Å². The molecule has 1 amide bonds. The Morgan fingerprint density at radius 1 is 1.20 bits per heavy atom. The number of nitrogens with one attached hydrogen (secondary N) is 1. The topological polar surface area (TPSA) is 56.8 Å². The molecule has 7 heteroatoms. The van der Waals surface area contributed by atoms with Crippen molar-refractivity contribution in [1.29, 1.82) is 0 Å². The van der Waals surface area contributed by atoms with Crippen LogP contribution in [0.5, 0.6) is 5.75 Å². The second kappa shape index (κ2) is 8.04. The molecule has 1 aliphatic rings. The maximum Gasteiger partial charge on any atom is 0.255 e. The first-order valence-electron chi connectivity index (χ1n) is 7.79. The van der Waals surface area contributed by atoms with E-state index in [0.29, 0.717) is 18.8 Å². The van der Waals surface area contributed by atoms with Gasteiger partial charge in [0.1, 0.15) is 12.4 Å². The summed E-state index contributed by atoms with van der Waals surface area (Å²) in [6.07, 6.45) is -0.708. The molecule has 5 nitrogen and oxygen atoms in total. The lowest BCUT2D eigenvalue weighted by atomic mass is 10.2. The summed E-state index contributed by atoms with van der Waals surface area (Å²) in [5.74, 6) is -1.39. The molecule has 3 rings (SSSR count). The molecule has 1 aliphatic heterocycles. The zero-order chi connectivity index (χ0) is 17.6. The fraction of sp³-hybridized carbons (Fsp3) is 0.278. The Balaban J connectivity index is 1.59. The van der Waals surface area contributed by atoms with Gasteiger partial charge in [0.05, 0.1) is 19.8 Å². The highest BCUT2D eigenvalue weighted by atomic mass is 19.1. The number of halogens is 2. The van der Waals surface area contributed by atoms with E-state index in [9.17, 15) is 13.6 Å². The minimum Gasteiger partial charge on any atom is -0.486 e. The molecule has 1 heterocycles. The summed E-state index contributed by atoms with van der Waals surface area (Å²) in [6.45, 7) is 1.01. The Morgan fingerprint density at radius 2 is 2.08 bits per heavy atom. The van der Waals surface area contributed by atoms with Gasteiger partial charge in [-0.05, 0) is 29.8 Å². The van der Waals surface area contributed by atoms with Crippen LogP contribution in [-0.4, -0.2) is 31.8 Å². The van der Waals surface area contributed by atoms with Crippen LogP contribution < -0.4 is 10.1 Å². The van der Waals surface area contributed by atoms with E-state index in [1.807, 2.05) is 0 Å². The van der Waals surface area contributed by atoms with Gasteiger partial charge in [-0.25, -0.2) is 8.78 Å². The van der Waals surface area contributed by atoms with E-state index in [2.05, 4.69) is 5.32 Å². The predicted molar refractivity (Wildman–Crippen MR) is 86.3 cm³/mol. The van der Waals surface area contributed by atoms with Gasteiger partial charge in [-0.3, -0.25) is 4.79 Å². The van der Waals surface area contributed by atoms with E-state index in [0.717, 1.165) is 6.07 Å². The van der Waals surface area contributed by atoms with Gasteiger partial charge in [0.15, 0.2) is 17.7 Å². The van der Waals surface area contributed by atoms with Gasteiger partial charge in [-0.15, -0.1) is 0 Å². The summed E-state index contributed by atoms with van der Waals surface area (Å²) in [7, 11) is 0. The zero-order valence-corrected chi connectivity index (χ0v) is 13.3. The third kappa shape index (κ3) is 4.74. The summed E-state index contributed by atoms with van der Waals surface area (Å²) in [5.41, 5.74) is 0.876. The van der Waals surface area contributed by atoms with Crippen molar-refractivity contribution in [2.24, 2.45) is 0 Å². The molecule has 1 fully saturated rings. The summed E-state index contributed by atoms with van der Waals surface area (Å²) < 4.78 is 43.0. The van der Waals surface area contributed by atoms with E-state index in [4.69, 9.17) is 14.2 Å². The first-order valence-corrected chi connectivity index (χ1v) is 7.79. The van der Waals surface area contributed by atoms with Gasteiger partial charge in [-0.2, -0.15) is 0 Å². The fourth-order valence-electron chi connectivity index (χ4n) is 2.35. The van der Waals surface area contributed by atoms with Crippen molar-refractivity contribution in [3.8, 4) is 5.75 Å². The number of hydrogen-bond acceptors (Lipinski definition) is 4. The number of carbonyl (C=O) groups is 1. The molecule has 1 N–H and O–H groups in total. The largest absolute Gasteiger partial charge is 0.486 e. The molecule has 0 aromatic heterocycles. The third-order valence-electron chi connectivity index (χ3n) is 3.59. The third-order valence-corrected chi connectivity index (χ3v) is 3.59. The second-order valence-electron chi connectivity index (χ2n) is 5.49. The standard InChI is InChI=1S/C18H17F2NO4/c19-13-3-1-2-12(8-13)10-25-16-5-4-14(9-15(16)20)21-18(22)17-11-23-6-7-24-17/h1-5,8-9,17H,6-7,10-11H2,(H,21,22)/t17-/m1/s1. The highest BCUT2D eigenvalue weighted by Gasteiger charge is 2.22. The number of ether oxygens (including phenoxy) is 3. The number of benzene rings is 2. The maximum atomic E-state index is 14.1. The molecule has 0 bridgehead atoms. The number of hydrogen-bond donors (Lipinski definition) is 1. The monoisotopic (exact) mass is 349 g/mol. The van der Waals surface area contributed by atoms with Crippen LogP contribution in [0, 0.1) is 11.6 Å². The Morgan fingerprint density at radius 3 is 2.80 bits per heavy atom. The average molecular weight is 349 g/mol. The molecule has 0 radical (unpaired) electrons. The summed E-state index contributed by atoms with van der Waals surface area (Å²) >= 11 is 0. The fourth-order valence-corrected chi connectivity index (χ4v) is 2.35. The van der Waals surface area contributed by atoms with Gasteiger partial charge in [0, 0.05) is 11.8 Å². The van der Waals surface area contributed by atoms with Crippen LogP contribution >= 0.6 is 0 Å². The SMILES string of the molecule is O=C(Nc1ccc(OCc2cccc(F)c2)c(F)c1)[C@H]1COCCO1. The van der Waals surface area contributed by atoms with E-state index in [-0.39, 0.29) is 30.5 Å². The van der Waals surface area contributed by atoms with E-state index in [1.54, 1.807) is 12.1 Å². The predicted octanol–water partition coefficient (Wildman–Crippen LogP) is 2.90. The molecule has 2 aromatic rings. The molecule has 0 saturated carbocycles. The van der Waals surface area contributed by atoms with Crippen LogP contribution in [0.4, 0.5) is 14.5 Å². The maximum absolute atomic E-state index is 14.1. The van der Waals surface area contributed by atoms with Gasteiger partial charge < -0.3 is 19.5 Å². The highest BCUT2D eigenvalue weighted by Crippen LogP contribution is 2.22. The van der Waals surface area contributed by atoms with Crippen LogP contribution in [0.1, 0.15) is 5.56 Å². The van der Waals surface area contributed by atoms with Crippen molar-refractivity contribution in [3.63, 3.8) is 0 Å². The van der Waals surface area contributed by atoms with E-state index >= 15 is 0 Å². The van der Waals surface area contributed by atoms with Crippen molar-refractivity contribution in [2.75, 3.05) is 25.1 Å². The van der Waals surface area contributed by atoms with Gasteiger partial charge >= 0.3 is 0 Å². The molecule has 1 saturated heterocycles. The quantitative estimate of drug-likeness (QED) is 0.902. The normalized spacial score (nSPS) is 17.1. The summed E-state index contributed by atoms with van der Waals surface area (Å²) in [6, 6.07) is 9.96. The first kappa shape index (κ1) is 17.3. The molecule has 0 spiro atoms. The second-order valence-corrected chi connectivity index (χ2v) is 5.49. The van der Waals surface area contributed by atoms with Crippen molar-refractivity contribution in [2.45, 2.75) is 12.7 Å². The molecular weight excluding hydrogens is 332 g/mol. The summed E-state index contributed by atoms with van der Waals surface area (Å²) in [5, 5.41) is 2.57. The van der Waals surface area contributed by atoms with Crippen molar-refractivity contribution >= 4 is 11.6 Å². The van der Waals surface area contributed by atoms with Crippen molar-refractivity contribution < 1.29 is 27.8 Å². The number of rotatable bonds is 5. The van der Waals surface area contributed by atoms with Crippen LogP contribution in [0.15, 0.2) is 42.5 Å². The van der Waals surface area contributed by atoms with Crippen molar-refractivity contribution in [3.05, 3.63) is 59.7 Å². The van der Waals surface area contributed by atoms with Crippen LogP contribution in [0.3, 0.4) is 0 Å². The molecule has 1 atom stereocenters. The molecule has 0 unspecified atom stereocenters. The molecule has 0 aliphatic carbocycles. The Bertz CT molecular complexity index is 748. The van der Waals surface area contributed by atoms with Gasteiger partial charge in [0.25, 0.3) is 5.91 Å². The molecule has 25 heavy (non-hydrogen) atoms. The number of anilines is 1. The Labute approximate surface area is 143 Å². The van der Waals surface area contributed by atoms with Crippen LogP contribution in [0.25, 0.3) is 0 Å². The lowest BCUT2D eigenvalue weighted by molar-refractivity contribution is -0.142. The summed E-state index contributed by atoms with van der Waals surface area (Å²) in [4.78, 5) is 12.0. The van der Waals surface area contributed by atoms with Crippen LogP contribution in [-0.2, 0) is 20.9 Å². The zero-order valence-electron chi connectivity index (χ0n) is 13.3. The van der Waals surface area contributed by atoms with E-state index in [1.165, 1.54) is 24.3 Å². The number of amides is 1. The smallest absolute Gasteiger partial charge is 0.255 e. The first-order chi connectivity index (χ1) is 12.1. The van der Waals surface area contributed by atoms with Crippen molar-refractivity contribution in [1.82, 2.24) is 0 Å². The van der Waals surface area contributed by atoms with Gasteiger partial charge in [0.2, 0.25) is 0 Å². The minimum atomic E-state index is -0.708. The highest BCUT2D eigenvalue weighted by molar-refractivity contribution is 5.94. The Kier molecular flexibility index (Phi) is 5.57. The minimum absolute atomic E-state index is 0.0134. The molecular formula is C18H17F2NO4. The number of carbonyl (C=O) groups excluding carboxylic acids is 1.